The molecule has 2 nitrogen and oxygen atoms in total. The molecule has 0 N–H and O–H groups in total. The van der Waals surface area contributed by atoms with Crippen LogP contribution in [0.4, 0.5) is 0 Å². The second kappa shape index (κ2) is 9.91. The maximum absolute atomic E-state index is 6.06. The van der Waals surface area contributed by atoms with Crippen molar-refractivity contribution in [2.45, 2.75) is 62.3 Å². The molecule has 0 heterocycles. The Hall–Kier alpha value is 0.719. The third kappa shape index (κ3) is 6.80. The second-order valence-corrected chi connectivity index (χ2v) is 13.7. The Balaban J connectivity index is 4.26. The van der Waals surface area contributed by atoms with E-state index in [1.165, 1.54) is 34.6 Å². The van der Waals surface area contributed by atoms with Gasteiger partial charge in [0, 0.05) is 0 Å². The van der Waals surface area contributed by atoms with Gasteiger partial charge in [0.25, 0.3) is 0 Å². The SMILES string of the molecule is CCC[CH2][Sn]([CH2]CCC)([O]CC)[O]CC. The summed E-state index contributed by atoms with van der Waals surface area (Å²) in [5.74, 6) is 0. The minimum absolute atomic E-state index is 0.837. The summed E-state index contributed by atoms with van der Waals surface area (Å²) in [5, 5.41) is 0. The molecular formula is C12H28O2Sn. The molecule has 0 bridgehead atoms. The zero-order valence-electron chi connectivity index (χ0n) is 11.0. The van der Waals surface area contributed by atoms with Crippen molar-refractivity contribution >= 4 is 19.2 Å². The van der Waals surface area contributed by atoms with Crippen molar-refractivity contribution in [1.29, 1.82) is 0 Å². The molecule has 92 valence electrons. The molecule has 0 rings (SSSR count). The van der Waals surface area contributed by atoms with Gasteiger partial charge in [-0.3, -0.25) is 0 Å². The maximum atomic E-state index is 6.06. The number of hydrogen-bond acceptors (Lipinski definition) is 2. The molecule has 0 aliphatic heterocycles. The van der Waals surface area contributed by atoms with Gasteiger partial charge in [-0.25, -0.2) is 0 Å². The minimum atomic E-state index is -2.63. The van der Waals surface area contributed by atoms with Crippen LogP contribution in [0.1, 0.15) is 53.4 Å². The first-order valence-corrected chi connectivity index (χ1v) is 12.9. The Morgan fingerprint density at radius 1 is 0.733 bits per heavy atom. The van der Waals surface area contributed by atoms with Crippen LogP contribution in [0.15, 0.2) is 0 Å². The molecule has 0 aromatic heterocycles. The molecule has 0 radical (unpaired) electrons. The first-order valence-electron chi connectivity index (χ1n) is 6.52. The van der Waals surface area contributed by atoms with Crippen LogP contribution in [0.2, 0.25) is 8.87 Å². The quantitative estimate of drug-likeness (QED) is 0.564. The van der Waals surface area contributed by atoms with Gasteiger partial charge in [0.05, 0.1) is 0 Å². The molecule has 0 aliphatic carbocycles. The van der Waals surface area contributed by atoms with Gasteiger partial charge in [-0.05, 0) is 0 Å². The van der Waals surface area contributed by atoms with Crippen LogP contribution in [-0.4, -0.2) is 32.4 Å². The van der Waals surface area contributed by atoms with Crippen LogP contribution in [0.5, 0.6) is 0 Å². The van der Waals surface area contributed by atoms with E-state index in [4.69, 9.17) is 6.15 Å². The Morgan fingerprint density at radius 3 is 1.40 bits per heavy atom. The third-order valence-corrected chi connectivity index (χ3v) is 13.7. The molecule has 0 unspecified atom stereocenters. The second-order valence-electron chi connectivity index (χ2n) is 3.98. The fourth-order valence-corrected chi connectivity index (χ4v) is 12.6. The van der Waals surface area contributed by atoms with Crippen molar-refractivity contribution < 1.29 is 6.15 Å². The monoisotopic (exact) mass is 324 g/mol. The number of unbranched alkanes of at least 4 members (excludes halogenated alkanes) is 2. The molecule has 0 aromatic carbocycles. The van der Waals surface area contributed by atoms with E-state index in [0.29, 0.717) is 0 Å². The summed E-state index contributed by atoms with van der Waals surface area (Å²) in [6.07, 6.45) is 5.06. The zero-order valence-corrected chi connectivity index (χ0v) is 13.8. The van der Waals surface area contributed by atoms with Gasteiger partial charge in [0.15, 0.2) is 0 Å². The molecular weight excluding hydrogens is 295 g/mol. The van der Waals surface area contributed by atoms with Crippen LogP contribution in [0.25, 0.3) is 0 Å². The van der Waals surface area contributed by atoms with Crippen LogP contribution in [0, 0.1) is 0 Å². The summed E-state index contributed by atoms with van der Waals surface area (Å²) in [4.78, 5) is 0. The summed E-state index contributed by atoms with van der Waals surface area (Å²) in [6, 6.07) is 0. The average molecular weight is 323 g/mol. The van der Waals surface area contributed by atoms with Crippen LogP contribution < -0.4 is 0 Å². The van der Waals surface area contributed by atoms with E-state index in [2.05, 4.69) is 27.7 Å². The molecule has 0 fully saturated rings. The van der Waals surface area contributed by atoms with E-state index in [1.807, 2.05) is 0 Å². The van der Waals surface area contributed by atoms with Gasteiger partial charge in [-0.15, -0.1) is 0 Å². The third-order valence-electron chi connectivity index (χ3n) is 2.64. The van der Waals surface area contributed by atoms with Crippen molar-refractivity contribution in [3.8, 4) is 0 Å². The predicted molar refractivity (Wildman–Crippen MR) is 68.4 cm³/mol. The summed E-state index contributed by atoms with van der Waals surface area (Å²) in [5.41, 5.74) is 0. The van der Waals surface area contributed by atoms with E-state index in [9.17, 15) is 0 Å². The predicted octanol–water partition coefficient (Wildman–Crippen LogP) is 4.10. The van der Waals surface area contributed by atoms with Crippen molar-refractivity contribution in [3.63, 3.8) is 0 Å². The summed E-state index contributed by atoms with van der Waals surface area (Å²) in [7, 11) is 0. The summed E-state index contributed by atoms with van der Waals surface area (Å²) >= 11 is -2.63. The normalized spacial score (nSPS) is 12.0. The van der Waals surface area contributed by atoms with Crippen molar-refractivity contribution in [2.75, 3.05) is 13.2 Å². The first-order chi connectivity index (χ1) is 7.24. The number of rotatable bonds is 10. The fraction of sp³-hybridized carbons (Fsp3) is 1.00. The molecule has 3 heteroatoms. The van der Waals surface area contributed by atoms with Crippen LogP contribution in [0.3, 0.4) is 0 Å². The molecule has 0 atom stereocenters. The van der Waals surface area contributed by atoms with Gasteiger partial charge >= 0.3 is 101 Å². The van der Waals surface area contributed by atoms with Gasteiger partial charge in [0.1, 0.15) is 0 Å². The number of hydrogen-bond donors (Lipinski definition) is 0. The van der Waals surface area contributed by atoms with Gasteiger partial charge in [0.2, 0.25) is 0 Å². The molecule has 0 saturated heterocycles. The first kappa shape index (κ1) is 15.7. The van der Waals surface area contributed by atoms with Gasteiger partial charge in [-0.1, -0.05) is 0 Å². The Bertz CT molecular complexity index is 124. The Kier molecular flexibility index (Phi) is 10.4. The standard InChI is InChI=1S/2C4H9.2C2H5O.Sn/c2*1-3-4-2;2*1-2-3;/h2*1,3-4H2,2H3;2*2H2,1H3;/q;;2*-1;+2. The van der Waals surface area contributed by atoms with Gasteiger partial charge < -0.3 is 0 Å². The zero-order chi connectivity index (χ0) is 11.6. The molecule has 0 spiro atoms. The van der Waals surface area contributed by atoms with E-state index < -0.39 is 19.2 Å². The van der Waals surface area contributed by atoms with Crippen molar-refractivity contribution in [2.24, 2.45) is 0 Å². The van der Waals surface area contributed by atoms with E-state index >= 15 is 0 Å². The van der Waals surface area contributed by atoms with E-state index in [1.54, 1.807) is 0 Å². The van der Waals surface area contributed by atoms with Crippen LogP contribution in [-0.2, 0) is 6.15 Å². The summed E-state index contributed by atoms with van der Waals surface area (Å²) in [6.45, 7) is 10.4. The molecule has 0 saturated carbocycles. The fourth-order valence-electron chi connectivity index (χ4n) is 1.87. The molecule has 0 aliphatic rings. The average Bonchev–Trinajstić information content (AvgIpc) is 2.24. The molecule has 0 aromatic rings. The Labute approximate surface area is 101 Å². The van der Waals surface area contributed by atoms with E-state index in [-0.39, 0.29) is 0 Å². The summed E-state index contributed by atoms with van der Waals surface area (Å²) < 4.78 is 14.6. The molecule has 0 amide bonds. The molecule has 15 heavy (non-hydrogen) atoms. The van der Waals surface area contributed by atoms with Crippen molar-refractivity contribution in [3.05, 3.63) is 0 Å². The van der Waals surface area contributed by atoms with Gasteiger partial charge in [-0.2, -0.15) is 0 Å². The van der Waals surface area contributed by atoms with Crippen molar-refractivity contribution in [1.82, 2.24) is 0 Å². The Morgan fingerprint density at radius 2 is 1.13 bits per heavy atom. The topological polar surface area (TPSA) is 18.5 Å². The van der Waals surface area contributed by atoms with Crippen LogP contribution >= 0.6 is 0 Å². The van der Waals surface area contributed by atoms with E-state index in [0.717, 1.165) is 13.2 Å².